The molecule has 2 aliphatic heterocycles. The van der Waals surface area contributed by atoms with Crippen LogP contribution in [0.5, 0.6) is 0 Å². The summed E-state index contributed by atoms with van der Waals surface area (Å²) in [5.41, 5.74) is 0. The first-order chi connectivity index (χ1) is 12.1. The number of aliphatic imine (C=N–C) groups is 1. The van der Waals surface area contributed by atoms with Gasteiger partial charge in [-0.2, -0.15) is 0 Å². The van der Waals surface area contributed by atoms with Gasteiger partial charge in [-0.15, -0.1) is 24.0 Å². The molecular formula is C18H36IN5O2. The minimum Gasteiger partial charge on any atom is -0.379 e. The molecular weight excluding hydrogens is 445 g/mol. The Hall–Kier alpha value is -0.610. The van der Waals surface area contributed by atoms with Gasteiger partial charge in [0.15, 0.2) is 5.96 Å². The number of rotatable bonds is 6. The lowest BCUT2D eigenvalue weighted by Crippen LogP contribution is -2.48. The van der Waals surface area contributed by atoms with Crippen molar-refractivity contribution in [1.82, 2.24) is 20.4 Å². The molecule has 0 aliphatic carbocycles. The second-order valence-electron chi connectivity index (χ2n) is 7.25. The molecule has 2 N–H and O–H groups in total. The quantitative estimate of drug-likeness (QED) is 0.337. The maximum absolute atomic E-state index is 11.5. The van der Waals surface area contributed by atoms with Crippen LogP contribution < -0.4 is 10.6 Å². The Bertz CT molecular complexity index is 435. The highest BCUT2D eigenvalue weighted by Gasteiger charge is 2.23. The Labute approximate surface area is 175 Å². The highest BCUT2D eigenvalue weighted by atomic mass is 127. The van der Waals surface area contributed by atoms with Gasteiger partial charge in [0, 0.05) is 59.8 Å². The number of morpholine rings is 1. The fourth-order valence-electron chi connectivity index (χ4n) is 3.60. The zero-order chi connectivity index (χ0) is 18.1. The Morgan fingerprint density at radius 3 is 2.46 bits per heavy atom. The lowest BCUT2D eigenvalue weighted by Gasteiger charge is -2.35. The van der Waals surface area contributed by atoms with Crippen molar-refractivity contribution in [3.63, 3.8) is 0 Å². The SMILES string of the molecule is CN=C(NCC(C)CN1CCOCC1)N1CCC(CC(=O)NC)CC1.I. The molecule has 0 spiro atoms. The van der Waals surface area contributed by atoms with Crippen LogP contribution >= 0.6 is 24.0 Å². The second-order valence-corrected chi connectivity index (χ2v) is 7.25. The number of nitrogens with one attached hydrogen (secondary N) is 2. The monoisotopic (exact) mass is 481 g/mol. The van der Waals surface area contributed by atoms with E-state index in [1.807, 2.05) is 7.05 Å². The molecule has 0 saturated carbocycles. The zero-order valence-corrected chi connectivity index (χ0v) is 18.8. The predicted octanol–water partition coefficient (Wildman–Crippen LogP) is 0.996. The summed E-state index contributed by atoms with van der Waals surface area (Å²) >= 11 is 0. The van der Waals surface area contributed by atoms with E-state index in [1.54, 1.807) is 7.05 Å². The molecule has 0 aromatic carbocycles. The number of hydrogen-bond acceptors (Lipinski definition) is 4. The molecule has 8 heteroatoms. The summed E-state index contributed by atoms with van der Waals surface area (Å²) in [7, 11) is 3.56. The molecule has 2 heterocycles. The maximum Gasteiger partial charge on any atom is 0.220 e. The third-order valence-electron chi connectivity index (χ3n) is 5.16. The van der Waals surface area contributed by atoms with Crippen LogP contribution in [0, 0.1) is 11.8 Å². The molecule has 1 atom stereocenters. The van der Waals surface area contributed by atoms with Crippen molar-refractivity contribution in [2.45, 2.75) is 26.2 Å². The van der Waals surface area contributed by atoms with Crippen molar-refractivity contribution >= 4 is 35.8 Å². The number of halogens is 1. The minimum absolute atomic E-state index is 0. The lowest BCUT2D eigenvalue weighted by molar-refractivity contribution is -0.121. The molecule has 0 aromatic heterocycles. The van der Waals surface area contributed by atoms with Gasteiger partial charge in [-0.3, -0.25) is 14.7 Å². The first-order valence-corrected chi connectivity index (χ1v) is 9.58. The van der Waals surface area contributed by atoms with E-state index in [2.05, 4.69) is 32.3 Å². The Balaban J connectivity index is 0.00000338. The van der Waals surface area contributed by atoms with E-state index in [-0.39, 0.29) is 29.9 Å². The Kier molecular flexibility index (Phi) is 11.5. The summed E-state index contributed by atoms with van der Waals surface area (Å²) < 4.78 is 5.41. The fraction of sp³-hybridized carbons (Fsp3) is 0.889. The summed E-state index contributed by atoms with van der Waals surface area (Å²) in [4.78, 5) is 20.8. The number of carbonyl (C=O) groups is 1. The zero-order valence-electron chi connectivity index (χ0n) is 16.5. The smallest absolute Gasteiger partial charge is 0.220 e. The van der Waals surface area contributed by atoms with Gasteiger partial charge in [0.25, 0.3) is 0 Å². The van der Waals surface area contributed by atoms with Gasteiger partial charge in [-0.05, 0) is 24.7 Å². The van der Waals surface area contributed by atoms with Crippen molar-refractivity contribution < 1.29 is 9.53 Å². The molecule has 2 aliphatic rings. The highest BCUT2D eigenvalue weighted by Crippen LogP contribution is 2.20. The van der Waals surface area contributed by atoms with Crippen LogP contribution in [-0.4, -0.2) is 88.2 Å². The summed E-state index contributed by atoms with van der Waals surface area (Å²) in [5, 5.41) is 6.26. The number of amides is 1. The highest BCUT2D eigenvalue weighted by molar-refractivity contribution is 14.0. The third-order valence-corrected chi connectivity index (χ3v) is 5.16. The number of likely N-dealkylation sites (tertiary alicyclic amines) is 1. The molecule has 152 valence electrons. The van der Waals surface area contributed by atoms with Crippen LogP contribution in [0.4, 0.5) is 0 Å². The standard InChI is InChI=1S/C18H35N5O2.HI/c1-15(14-22-8-10-25-11-9-22)13-21-18(20-3)23-6-4-16(5-7-23)12-17(24)19-2;/h15-16H,4-14H2,1-3H3,(H,19,24)(H,20,21);1H. The van der Waals surface area contributed by atoms with E-state index < -0.39 is 0 Å². The van der Waals surface area contributed by atoms with E-state index in [9.17, 15) is 4.79 Å². The molecule has 1 amide bonds. The van der Waals surface area contributed by atoms with Gasteiger partial charge in [-0.25, -0.2) is 0 Å². The third kappa shape index (κ3) is 7.96. The number of ether oxygens (including phenoxy) is 1. The van der Waals surface area contributed by atoms with E-state index in [0.29, 0.717) is 18.3 Å². The number of carbonyl (C=O) groups excluding carboxylic acids is 1. The van der Waals surface area contributed by atoms with Gasteiger partial charge >= 0.3 is 0 Å². The van der Waals surface area contributed by atoms with Crippen LogP contribution in [0.25, 0.3) is 0 Å². The summed E-state index contributed by atoms with van der Waals surface area (Å²) in [6, 6.07) is 0. The van der Waals surface area contributed by atoms with Crippen molar-refractivity contribution in [3.8, 4) is 0 Å². The van der Waals surface area contributed by atoms with Gasteiger partial charge < -0.3 is 20.3 Å². The molecule has 0 bridgehead atoms. The number of piperidine rings is 1. The topological polar surface area (TPSA) is 69.2 Å². The second kappa shape index (κ2) is 12.7. The number of guanidine groups is 1. The summed E-state index contributed by atoms with van der Waals surface area (Å²) in [6.45, 7) is 10.0. The Morgan fingerprint density at radius 2 is 1.88 bits per heavy atom. The van der Waals surface area contributed by atoms with Gasteiger partial charge in [0.05, 0.1) is 13.2 Å². The van der Waals surface area contributed by atoms with Crippen LogP contribution in [0.2, 0.25) is 0 Å². The molecule has 2 fully saturated rings. The molecule has 2 saturated heterocycles. The van der Waals surface area contributed by atoms with Gasteiger partial charge in [0.1, 0.15) is 0 Å². The first kappa shape index (κ1) is 23.4. The molecule has 26 heavy (non-hydrogen) atoms. The Morgan fingerprint density at radius 1 is 1.23 bits per heavy atom. The largest absolute Gasteiger partial charge is 0.379 e. The number of hydrogen-bond donors (Lipinski definition) is 2. The van der Waals surface area contributed by atoms with E-state index in [0.717, 1.165) is 71.3 Å². The van der Waals surface area contributed by atoms with Gasteiger partial charge in [-0.1, -0.05) is 6.92 Å². The summed E-state index contributed by atoms with van der Waals surface area (Å²) in [5.74, 6) is 2.21. The van der Waals surface area contributed by atoms with E-state index in [4.69, 9.17) is 4.74 Å². The first-order valence-electron chi connectivity index (χ1n) is 9.58. The van der Waals surface area contributed by atoms with Crippen molar-refractivity contribution in [2.24, 2.45) is 16.8 Å². The molecule has 2 rings (SSSR count). The normalized spacial score (nSPS) is 21.0. The number of nitrogens with zero attached hydrogens (tertiary/aromatic N) is 3. The van der Waals surface area contributed by atoms with E-state index in [1.165, 1.54) is 0 Å². The molecule has 7 nitrogen and oxygen atoms in total. The van der Waals surface area contributed by atoms with Crippen LogP contribution in [0.1, 0.15) is 26.2 Å². The predicted molar refractivity (Wildman–Crippen MR) is 116 cm³/mol. The lowest BCUT2D eigenvalue weighted by atomic mass is 9.93. The van der Waals surface area contributed by atoms with Gasteiger partial charge in [0.2, 0.25) is 5.91 Å². The average molecular weight is 481 g/mol. The van der Waals surface area contributed by atoms with Crippen molar-refractivity contribution in [3.05, 3.63) is 0 Å². The van der Waals surface area contributed by atoms with Crippen LogP contribution in [0.3, 0.4) is 0 Å². The van der Waals surface area contributed by atoms with Crippen molar-refractivity contribution in [1.29, 1.82) is 0 Å². The molecule has 0 radical (unpaired) electrons. The minimum atomic E-state index is 0. The summed E-state index contributed by atoms with van der Waals surface area (Å²) in [6.07, 6.45) is 2.75. The average Bonchev–Trinajstić information content (AvgIpc) is 2.64. The molecule has 0 aromatic rings. The van der Waals surface area contributed by atoms with E-state index >= 15 is 0 Å². The van der Waals surface area contributed by atoms with Crippen LogP contribution in [-0.2, 0) is 9.53 Å². The van der Waals surface area contributed by atoms with Crippen LogP contribution in [0.15, 0.2) is 4.99 Å². The fourth-order valence-corrected chi connectivity index (χ4v) is 3.60. The van der Waals surface area contributed by atoms with Crippen molar-refractivity contribution in [2.75, 3.05) is 66.6 Å². The molecule has 1 unspecified atom stereocenters. The maximum atomic E-state index is 11.5.